The summed E-state index contributed by atoms with van der Waals surface area (Å²) in [4.78, 5) is 12.4. The first-order valence-electron chi connectivity index (χ1n) is 7.22. The monoisotopic (exact) mass is 291 g/mol. The molecule has 2 N–H and O–H groups in total. The lowest BCUT2D eigenvalue weighted by atomic mass is 10.1. The van der Waals surface area contributed by atoms with Crippen LogP contribution in [0, 0.1) is 0 Å². The normalized spacial score (nSPS) is 12.1. The van der Waals surface area contributed by atoms with E-state index in [2.05, 4.69) is 5.32 Å². The maximum absolute atomic E-state index is 12.4. The Bertz CT molecular complexity index is 824. The van der Waals surface area contributed by atoms with E-state index in [-0.39, 0.29) is 5.91 Å². The molecule has 0 radical (unpaired) electrons. The van der Waals surface area contributed by atoms with Gasteiger partial charge in [-0.3, -0.25) is 4.79 Å². The standard InChI is InChI=1S/C19H17NO2/c1-13(21)15-7-4-8-18(12-15)20-19(22)17-10-9-14-5-2-3-6-16(14)11-17/h2-13,21H,1H3,(H,20,22). The van der Waals surface area contributed by atoms with Crippen LogP contribution in [0.1, 0.15) is 28.9 Å². The summed E-state index contributed by atoms with van der Waals surface area (Å²) in [6, 6.07) is 20.8. The predicted molar refractivity (Wildman–Crippen MR) is 89.0 cm³/mol. The fourth-order valence-electron chi connectivity index (χ4n) is 2.41. The molecular formula is C19H17NO2. The number of rotatable bonds is 3. The molecule has 0 saturated carbocycles. The third-order valence-electron chi connectivity index (χ3n) is 3.64. The molecule has 0 aliphatic rings. The van der Waals surface area contributed by atoms with E-state index in [9.17, 15) is 9.90 Å². The molecule has 0 heterocycles. The number of benzene rings is 3. The summed E-state index contributed by atoms with van der Waals surface area (Å²) < 4.78 is 0. The average molecular weight is 291 g/mol. The molecule has 0 fully saturated rings. The first-order chi connectivity index (χ1) is 10.6. The van der Waals surface area contributed by atoms with Gasteiger partial charge >= 0.3 is 0 Å². The molecule has 3 nitrogen and oxygen atoms in total. The second-order valence-corrected chi connectivity index (χ2v) is 5.32. The summed E-state index contributed by atoms with van der Waals surface area (Å²) in [7, 11) is 0. The summed E-state index contributed by atoms with van der Waals surface area (Å²) >= 11 is 0. The van der Waals surface area contributed by atoms with Crippen LogP contribution in [0.25, 0.3) is 10.8 Å². The van der Waals surface area contributed by atoms with Crippen LogP contribution < -0.4 is 5.32 Å². The first-order valence-corrected chi connectivity index (χ1v) is 7.22. The lowest BCUT2D eigenvalue weighted by Crippen LogP contribution is -2.12. The second kappa shape index (κ2) is 6.00. The Morgan fingerprint density at radius 3 is 2.50 bits per heavy atom. The van der Waals surface area contributed by atoms with Crippen molar-refractivity contribution in [3.8, 4) is 0 Å². The summed E-state index contributed by atoms with van der Waals surface area (Å²) in [6.45, 7) is 1.70. The number of hydrogen-bond donors (Lipinski definition) is 2. The minimum absolute atomic E-state index is 0.159. The van der Waals surface area contributed by atoms with Crippen LogP contribution in [0.5, 0.6) is 0 Å². The number of hydrogen-bond acceptors (Lipinski definition) is 2. The highest BCUT2D eigenvalue weighted by molar-refractivity contribution is 6.06. The fourth-order valence-corrected chi connectivity index (χ4v) is 2.41. The van der Waals surface area contributed by atoms with Gasteiger partial charge in [0.2, 0.25) is 0 Å². The van der Waals surface area contributed by atoms with Crippen molar-refractivity contribution in [2.45, 2.75) is 13.0 Å². The van der Waals surface area contributed by atoms with Crippen LogP contribution in [-0.4, -0.2) is 11.0 Å². The lowest BCUT2D eigenvalue weighted by molar-refractivity contribution is 0.102. The van der Waals surface area contributed by atoms with E-state index in [4.69, 9.17) is 0 Å². The third kappa shape index (κ3) is 3.00. The van der Waals surface area contributed by atoms with Gasteiger partial charge in [-0.1, -0.05) is 42.5 Å². The summed E-state index contributed by atoms with van der Waals surface area (Å²) in [5.74, 6) is -0.159. The molecule has 3 aromatic rings. The summed E-state index contributed by atoms with van der Waals surface area (Å²) in [6.07, 6.45) is -0.558. The quantitative estimate of drug-likeness (QED) is 0.761. The zero-order chi connectivity index (χ0) is 15.5. The zero-order valence-corrected chi connectivity index (χ0v) is 12.3. The van der Waals surface area contributed by atoms with Gasteiger partial charge in [0.1, 0.15) is 0 Å². The molecule has 3 heteroatoms. The number of nitrogens with one attached hydrogen (secondary N) is 1. The molecule has 1 unspecified atom stereocenters. The van der Waals surface area contributed by atoms with E-state index in [0.717, 1.165) is 16.3 Å². The fraction of sp³-hybridized carbons (Fsp3) is 0.105. The van der Waals surface area contributed by atoms with Crippen molar-refractivity contribution in [2.75, 3.05) is 5.32 Å². The van der Waals surface area contributed by atoms with Crippen LogP contribution in [0.4, 0.5) is 5.69 Å². The molecule has 0 saturated heterocycles. The van der Waals surface area contributed by atoms with Crippen LogP contribution >= 0.6 is 0 Å². The Kier molecular flexibility index (Phi) is 3.90. The Balaban J connectivity index is 1.85. The summed E-state index contributed by atoms with van der Waals surface area (Å²) in [5.41, 5.74) is 2.06. The number of amides is 1. The molecule has 0 aliphatic carbocycles. The Morgan fingerprint density at radius 1 is 0.955 bits per heavy atom. The number of aliphatic hydroxyl groups is 1. The molecule has 0 spiro atoms. The topological polar surface area (TPSA) is 49.3 Å². The largest absolute Gasteiger partial charge is 0.389 e. The van der Waals surface area contributed by atoms with Gasteiger partial charge in [-0.05, 0) is 47.5 Å². The van der Waals surface area contributed by atoms with Gasteiger partial charge in [0.25, 0.3) is 5.91 Å². The van der Waals surface area contributed by atoms with E-state index < -0.39 is 6.10 Å². The van der Waals surface area contributed by atoms with Gasteiger partial charge in [-0.15, -0.1) is 0 Å². The number of anilines is 1. The van der Waals surface area contributed by atoms with Gasteiger partial charge < -0.3 is 10.4 Å². The minimum Gasteiger partial charge on any atom is -0.389 e. The Morgan fingerprint density at radius 2 is 1.73 bits per heavy atom. The maximum Gasteiger partial charge on any atom is 0.255 e. The molecule has 22 heavy (non-hydrogen) atoms. The van der Waals surface area contributed by atoms with E-state index in [1.165, 1.54) is 0 Å². The minimum atomic E-state index is -0.558. The van der Waals surface area contributed by atoms with Crippen LogP contribution in [-0.2, 0) is 0 Å². The zero-order valence-electron chi connectivity index (χ0n) is 12.3. The Hall–Kier alpha value is -2.65. The van der Waals surface area contributed by atoms with Crippen molar-refractivity contribution in [1.82, 2.24) is 0 Å². The van der Waals surface area contributed by atoms with Gasteiger partial charge in [0, 0.05) is 11.3 Å². The highest BCUT2D eigenvalue weighted by atomic mass is 16.3. The van der Waals surface area contributed by atoms with Gasteiger partial charge in [0.05, 0.1) is 6.10 Å². The molecule has 0 bridgehead atoms. The van der Waals surface area contributed by atoms with Gasteiger partial charge in [0.15, 0.2) is 0 Å². The lowest BCUT2D eigenvalue weighted by Gasteiger charge is -2.09. The molecule has 3 rings (SSSR count). The van der Waals surface area contributed by atoms with Crippen LogP contribution in [0.15, 0.2) is 66.7 Å². The molecule has 0 aliphatic heterocycles. The molecule has 3 aromatic carbocycles. The third-order valence-corrected chi connectivity index (χ3v) is 3.64. The van der Waals surface area contributed by atoms with Crippen molar-refractivity contribution in [2.24, 2.45) is 0 Å². The van der Waals surface area contributed by atoms with Crippen molar-refractivity contribution in [3.05, 3.63) is 77.9 Å². The van der Waals surface area contributed by atoms with E-state index >= 15 is 0 Å². The predicted octanol–water partition coefficient (Wildman–Crippen LogP) is 4.15. The number of aliphatic hydroxyl groups excluding tert-OH is 1. The van der Waals surface area contributed by atoms with E-state index in [0.29, 0.717) is 11.3 Å². The average Bonchev–Trinajstić information content (AvgIpc) is 2.54. The van der Waals surface area contributed by atoms with E-state index in [1.54, 1.807) is 13.0 Å². The smallest absolute Gasteiger partial charge is 0.255 e. The molecule has 1 amide bonds. The number of fused-ring (bicyclic) bond motifs is 1. The highest BCUT2D eigenvalue weighted by Crippen LogP contribution is 2.19. The SMILES string of the molecule is CC(O)c1cccc(NC(=O)c2ccc3ccccc3c2)c1. The highest BCUT2D eigenvalue weighted by Gasteiger charge is 2.08. The molecule has 1 atom stereocenters. The van der Waals surface area contributed by atoms with Crippen LogP contribution in [0.3, 0.4) is 0 Å². The number of carbonyl (C=O) groups is 1. The van der Waals surface area contributed by atoms with E-state index in [1.807, 2.05) is 60.7 Å². The molecular weight excluding hydrogens is 274 g/mol. The van der Waals surface area contributed by atoms with Gasteiger partial charge in [-0.2, -0.15) is 0 Å². The second-order valence-electron chi connectivity index (χ2n) is 5.32. The van der Waals surface area contributed by atoms with Crippen molar-refractivity contribution in [1.29, 1.82) is 0 Å². The maximum atomic E-state index is 12.4. The van der Waals surface area contributed by atoms with Crippen molar-refractivity contribution < 1.29 is 9.90 Å². The molecule has 0 aromatic heterocycles. The number of carbonyl (C=O) groups excluding carboxylic acids is 1. The molecule has 110 valence electrons. The van der Waals surface area contributed by atoms with Crippen LogP contribution in [0.2, 0.25) is 0 Å². The first kappa shape index (κ1) is 14.3. The summed E-state index contributed by atoms with van der Waals surface area (Å²) in [5, 5.41) is 14.6. The van der Waals surface area contributed by atoms with Crippen molar-refractivity contribution >= 4 is 22.4 Å². The van der Waals surface area contributed by atoms with Crippen molar-refractivity contribution in [3.63, 3.8) is 0 Å². The van der Waals surface area contributed by atoms with Gasteiger partial charge in [-0.25, -0.2) is 0 Å². The Labute approximate surface area is 129 Å².